The Labute approximate surface area is 124 Å². The fourth-order valence-corrected chi connectivity index (χ4v) is 2.48. The minimum atomic E-state index is 0.214. The van der Waals surface area contributed by atoms with Crippen molar-refractivity contribution in [2.24, 2.45) is 5.92 Å². The maximum Gasteiger partial charge on any atom is 0.120 e. The number of unbranched alkanes of at least 4 members (excludes halogenated alkanes) is 3. The zero-order valence-electron chi connectivity index (χ0n) is 13.6. The van der Waals surface area contributed by atoms with Gasteiger partial charge in [0.25, 0.3) is 0 Å². The van der Waals surface area contributed by atoms with Gasteiger partial charge in [0.15, 0.2) is 0 Å². The molecule has 0 aromatic heterocycles. The molecule has 1 rings (SSSR count). The van der Waals surface area contributed by atoms with Gasteiger partial charge in [-0.25, -0.2) is 0 Å². The second-order valence-electron chi connectivity index (χ2n) is 6.33. The van der Waals surface area contributed by atoms with Crippen LogP contribution in [-0.4, -0.2) is 11.7 Å². The number of hydrogen-bond donors (Lipinski definition) is 2. The molecule has 2 heteroatoms. The van der Waals surface area contributed by atoms with E-state index in [2.05, 4.69) is 32.2 Å². The predicted molar refractivity (Wildman–Crippen MR) is 87.2 cm³/mol. The molecule has 1 unspecified atom stereocenters. The Bertz CT molecular complexity index is 387. The van der Waals surface area contributed by atoms with Crippen molar-refractivity contribution in [2.75, 3.05) is 6.54 Å². The summed E-state index contributed by atoms with van der Waals surface area (Å²) in [6.45, 7) is 9.71. The Hall–Kier alpha value is -1.02. The van der Waals surface area contributed by atoms with Crippen LogP contribution in [0.1, 0.15) is 70.0 Å². The Morgan fingerprint density at radius 3 is 2.40 bits per heavy atom. The van der Waals surface area contributed by atoms with E-state index in [1.165, 1.54) is 32.1 Å². The van der Waals surface area contributed by atoms with E-state index in [0.717, 1.165) is 23.6 Å². The van der Waals surface area contributed by atoms with Crippen molar-refractivity contribution in [2.45, 2.75) is 65.8 Å². The molecule has 1 aromatic carbocycles. The number of phenols is 1. The Morgan fingerprint density at radius 2 is 1.75 bits per heavy atom. The van der Waals surface area contributed by atoms with Crippen LogP contribution in [0.3, 0.4) is 0 Å². The van der Waals surface area contributed by atoms with E-state index < -0.39 is 0 Å². The number of benzene rings is 1. The van der Waals surface area contributed by atoms with Gasteiger partial charge in [-0.15, -0.1) is 0 Å². The Kier molecular flexibility index (Phi) is 7.68. The average molecular weight is 277 g/mol. The van der Waals surface area contributed by atoms with E-state index in [1.54, 1.807) is 0 Å². The molecule has 0 fully saturated rings. The van der Waals surface area contributed by atoms with Crippen LogP contribution in [-0.2, 0) is 0 Å². The standard InChI is InChI=1S/C18H31NO/c1-14(2)9-7-5-6-8-12-19-16(4)17-11-10-15(3)13-18(17)20/h10-11,13-14,16,19-20H,5-9,12H2,1-4H3. The molecular weight excluding hydrogens is 246 g/mol. The first-order valence-electron chi connectivity index (χ1n) is 8.03. The van der Waals surface area contributed by atoms with Gasteiger partial charge in [0, 0.05) is 11.6 Å². The van der Waals surface area contributed by atoms with E-state index in [0.29, 0.717) is 5.75 Å². The van der Waals surface area contributed by atoms with E-state index in [4.69, 9.17) is 0 Å². The molecule has 2 nitrogen and oxygen atoms in total. The highest BCUT2D eigenvalue weighted by Crippen LogP contribution is 2.24. The lowest BCUT2D eigenvalue weighted by molar-refractivity contribution is 0.448. The third-order valence-electron chi connectivity index (χ3n) is 3.81. The van der Waals surface area contributed by atoms with Gasteiger partial charge in [-0.1, -0.05) is 51.7 Å². The molecule has 0 heterocycles. The van der Waals surface area contributed by atoms with Crippen molar-refractivity contribution in [3.8, 4) is 5.75 Å². The molecule has 0 spiro atoms. The second kappa shape index (κ2) is 9.02. The van der Waals surface area contributed by atoms with Crippen LogP contribution < -0.4 is 5.32 Å². The first-order chi connectivity index (χ1) is 9.50. The number of nitrogens with one attached hydrogen (secondary N) is 1. The highest BCUT2D eigenvalue weighted by atomic mass is 16.3. The lowest BCUT2D eigenvalue weighted by Gasteiger charge is -2.16. The zero-order chi connectivity index (χ0) is 15.0. The minimum absolute atomic E-state index is 0.214. The van der Waals surface area contributed by atoms with Gasteiger partial charge in [0.1, 0.15) is 5.75 Å². The van der Waals surface area contributed by atoms with Gasteiger partial charge in [0.05, 0.1) is 0 Å². The Balaban J connectivity index is 2.18. The molecule has 0 aliphatic heterocycles. The Morgan fingerprint density at radius 1 is 1.05 bits per heavy atom. The van der Waals surface area contributed by atoms with Gasteiger partial charge in [-0.05, 0) is 44.4 Å². The molecule has 114 valence electrons. The lowest BCUT2D eigenvalue weighted by Crippen LogP contribution is -2.19. The molecule has 2 N–H and O–H groups in total. The lowest BCUT2D eigenvalue weighted by atomic mass is 10.0. The van der Waals surface area contributed by atoms with Crippen molar-refractivity contribution in [1.29, 1.82) is 0 Å². The van der Waals surface area contributed by atoms with Crippen molar-refractivity contribution < 1.29 is 5.11 Å². The number of aryl methyl sites for hydroxylation is 1. The average Bonchev–Trinajstić information content (AvgIpc) is 2.37. The zero-order valence-corrected chi connectivity index (χ0v) is 13.6. The second-order valence-corrected chi connectivity index (χ2v) is 6.33. The topological polar surface area (TPSA) is 32.3 Å². The maximum absolute atomic E-state index is 9.95. The smallest absolute Gasteiger partial charge is 0.120 e. The van der Waals surface area contributed by atoms with Crippen molar-refractivity contribution in [1.82, 2.24) is 5.32 Å². The SMILES string of the molecule is Cc1ccc(C(C)NCCCCCCC(C)C)c(O)c1. The molecule has 0 amide bonds. The number of phenolic OH excluding ortho intramolecular Hbond substituents is 1. The predicted octanol–water partition coefficient (Wildman–Crippen LogP) is 4.96. The van der Waals surface area contributed by atoms with E-state index in [-0.39, 0.29) is 6.04 Å². The quantitative estimate of drug-likeness (QED) is 0.625. The van der Waals surface area contributed by atoms with Crippen LogP contribution in [0.15, 0.2) is 18.2 Å². The summed E-state index contributed by atoms with van der Waals surface area (Å²) in [6.07, 6.45) is 6.55. The first kappa shape index (κ1) is 17.0. The van der Waals surface area contributed by atoms with Gasteiger partial charge in [0.2, 0.25) is 0 Å². The summed E-state index contributed by atoms with van der Waals surface area (Å²) in [5, 5.41) is 13.4. The highest BCUT2D eigenvalue weighted by Gasteiger charge is 2.09. The third-order valence-corrected chi connectivity index (χ3v) is 3.81. The van der Waals surface area contributed by atoms with Gasteiger partial charge >= 0.3 is 0 Å². The molecule has 1 aromatic rings. The molecule has 20 heavy (non-hydrogen) atoms. The summed E-state index contributed by atoms with van der Waals surface area (Å²) in [7, 11) is 0. The van der Waals surface area contributed by atoms with Crippen LogP contribution in [0.5, 0.6) is 5.75 Å². The summed E-state index contributed by atoms with van der Waals surface area (Å²) >= 11 is 0. The van der Waals surface area contributed by atoms with Crippen LogP contribution in [0.2, 0.25) is 0 Å². The molecule has 0 saturated heterocycles. The van der Waals surface area contributed by atoms with E-state index >= 15 is 0 Å². The van der Waals surface area contributed by atoms with E-state index in [9.17, 15) is 5.11 Å². The first-order valence-corrected chi connectivity index (χ1v) is 8.03. The minimum Gasteiger partial charge on any atom is -0.508 e. The van der Waals surface area contributed by atoms with Crippen molar-refractivity contribution in [3.05, 3.63) is 29.3 Å². The summed E-state index contributed by atoms with van der Waals surface area (Å²) in [4.78, 5) is 0. The molecule has 1 atom stereocenters. The van der Waals surface area contributed by atoms with Crippen LogP contribution in [0.4, 0.5) is 0 Å². The number of rotatable bonds is 9. The molecular formula is C18H31NO. The van der Waals surface area contributed by atoms with Crippen molar-refractivity contribution >= 4 is 0 Å². The summed E-state index contributed by atoms with van der Waals surface area (Å²) in [5.74, 6) is 1.24. The molecule has 0 aliphatic rings. The molecule has 0 aliphatic carbocycles. The summed E-state index contributed by atoms with van der Waals surface area (Å²) in [5.41, 5.74) is 2.10. The number of aromatic hydroxyl groups is 1. The van der Waals surface area contributed by atoms with Crippen molar-refractivity contribution in [3.63, 3.8) is 0 Å². The normalized spacial score (nSPS) is 12.8. The molecule has 0 radical (unpaired) electrons. The number of hydrogen-bond acceptors (Lipinski definition) is 2. The summed E-state index contributed by atoms with van der Waals surface area (Å²) in [6, 6.07) is 6.12. The maximum atomic E-state index is 9.95. The van der Waals surface area contributed by atoms with Crippen LogP contribution >= 0.6 is 0 Å². The van der Waals surface area contributed by atoms with Gasteiger partial charge in [-0.3, -0.25) is 0 Å². The monoisotopic (exact) mass is 277 g/mol. The van der Waals surface area contributed by atoms with Gasteiger partial charge in [-0.2, -0.15) is 0 Å². The molecule has 0 bridgehead atoms. The molecule has 0 saturated carbocycles. The summed E-state index contributed by atoms with van der Waals surface area (Å²) < 4.78 is 0. The fourth-order valence-electron chi connectivity index (χ4n) is 2.48. The van der Waals surface area contributed by atoms with E-state index in [1.807, 2.05) is 19.1 Å². The van der Waals surface area contributed by atoms with Crippen LogP contribution in [0, 0.1) is 12.8 Å². The van der Waals surface area contributed by atoms with Crippen LogP contribution in [0.25, 0.3) is 0 Å². The van der Waals surface area contributed by atoms with Gasteiger partial charge < -0.3 is 10.4 Å². The largest absolute Gasteiger partial charge is 0.508 e. The highest BCUT2D eigenvalue weighted by molar-refractivity contribution is 5.37. The fraction of sp³-hybridized carbons (Fsp3) is 0.667. The third kappa shape index (κ3) is 6.42.